The molecule has 3 aromatic heterocycles. The van der Waals surface area contributed by atoms with Gasteiger partial charge in [-0.3, -0.25) is 5.32 Å². The highest BCUT2D eigenvalue weighted by molar-refractivity contribution is 7.17. The van der Waals surface area contributed by atoms with Gasteiger partial charge in [-0.05, 0) is 31.5 Å². The van der Waals surface area contributed by atoms with Crippen LogP contribution in [0.15, 0.2) is 24.5 Å². The molecule has 1 aromatic carbocycles. The molecule has 0 saturated carbocycles. The summed E-state index contributed by atoms with van der Waals surface area (Å²) in [5.41, 5.74) is 2.26. The zero-order valence-electron chi connectivity index (χ0n) is 20.6. The fourth-order valence-electron chi connectivity index (χ4n) is 3.49. The second-order valence-corrected chi connectivity index (χ2v) is 8.34. The van der Waals surface area contributed by atoms with Crippen LogP contribution in [0.4, 0.5) is 16.9 Å². The van der Waals surface area contributed by atoms with Crippen LogP contribution < -0.4 is 24.8 Å². The van der Waals surface area contributed by atoms with E-state index in [-0.39, 0.29) is 23.3 Å². The van der Waals surface area contributed by atoms with E-state index in [9.17, 15) is 4.79 Å². The highest BCUT2D eigenvalue weighted by Crippen LogP contribution is 2.32. The van der Waals surface area contributed by atoms with Crippen LogP contribution in [-0.2, 0) is 17.8 Å². The zero-order chi connectivity index (χ0) is 25.7. The third-order valence-corrected chi connectivity index (χ3v) is 6.12. The maximum Gasteiger partial charge on any atom is 0.354 e. The first-order chi connectivity index (χ1) is 17.5. The number of carbonyl (C=O) groups excluding carboxylic acids is 1. The predicted octanol–water partition coefficient (Wildman–Crippen LogP) is 3.86. The van der Waals surface area contributed by atoms with E-state index in [0.717, 1.165) is 22.4 Å². The molecule has 3 heterocycles. The molecule has 36 heavy (non-hydrogen) atoms. The lowest BCUT2D eigenvalue weighted by Gasteiger charge is -2.12. The van der Waals surface area contributed by atoms with Gasteiger partial charge < -0.3 is 28.8 Å². The molecule has 4 rings (SSSR count). The Bertz CT molecular complexity index is 1370. The molecule has 13 heteroatoms. The third-order valence-electron chi connectivity index (χ3n) is 5.19. The third kappa shape index (κ3) is 5.10. The molecule has 0 unspecified atom stereocenters. The van der Waals surface area contributed by atoms with Crippen molar-refractivity contribution < 1.29 is 23.7 Å². The smallest absolute Gasteiger partial charge is 0.354 e. The number of imidazole rings is 1. The number of hydrogen-bond donors (Lipinski definition) is 2. The normalized spacial score (nSPS) is 10.8. The Morgan fingerprint density at radius 3 is 2.56 bits per heavy atom. The summed E-state index contributed by atoms with van der Waals surface area (Å²) in [4.78, 5) is 30.4. The number of thiazole rings is 1. The summed E-state index contributed by atoms with van der Waals surface area (Å²) in [6, 6.07) is 5.70. The Labute approximate surface area is 211 Å². The lowest BCUT2D eigenvalue weighted by atomic mass is 10.2. The number of aromatic nitrogens is 5. The summed E-state index contributed by atoms with van der Waals surface area (Å²) in [6.45, 7) is 5.17. The Hall–Kier alpha value is -4.13. The topological polar surface area (TPSA) is 135 Å². The Kier molecular flexibility index (Phi) is 7.68. The van der Waals surface area contributed by atoms with Crippen molar-refractivity contribution >= 4 is 45.4 Å². The van der Waals surface area contributed by atoms with Gasteiger partial charge in [-0.15, -0.1) is 0 Å². The van der Waals surface area contributed by atoms with Gasteiger partial charge in [-0.2, -0.15) is 15.0 Å². The molecule has 2 N–H and O–H groups in total. The number of ether oxygens (including phenoxy) is 4. The Morgan fingerprint density at radius 1 is 1.06 bits per heavy atom. The van der Waals surface area contributed by atoms with E-state index in [2.05, 4.69) is 30.6 Å². The lowest BCUT2D eigenvalue weighted by Crippen LogP contribution is -2.08. The minimum atomic E-state index is -0.504. The number of rotatable bonds is 11. The number of benzene rings is 1. The molecule has 0 aliphatic heterocycles. The first kappa shape index (κ1) is 25.0. The van der Waals surface area contributed by atoms with Gasteiger partial charge in [-0.1, -0.05) is 17.4 Å². The first-order valence-corrected chi connectivity index (χ1v) is 12.0. The molecule has 0 saturated heterocycles. The standard InChI is InChI=1S/C23H27N7O5S/c1-6-30-12-25-19-16(30)18(24-11-13-8-9-14(32-3)15(10-13)33-4)26-22(27-19)29-23-28-20(34-5)17(36-23)21(31)35-7-2/h8-10,12H,6-7,11H2,1-5H3,(H2,24,26,27,28,29). The van der Waals surface area contributed by atoms with E-state index in [0.29, 0.717) is 41.2 Å². The monoisotopic (exact) mass is 513 g/mol. The van der Waals surface area contributed by atoms with Gasteiger partial charge in [0.1, 0.15) is 5.52 Å². The van der Waals surface area contributed by atoms with Crippen LogP contribution in [0.2, 0.25) is 0 Å². The van der Waals surface area contributed by atoms with E-state index in [1.54, 1.807) is 27.5 Å². The largest absolute Gasteiger partial charge is 0.493 e. The predicted molar refractivity (Wildman–Crippen MR) is 136 cm³/mol. The van der Waals surface area contributed by atoms with Gasteiger partial charge in [0.2, 0.25) is 11.8 Å². The molecule has 190 valence electrons. The summed E-state index contributed by atoms with van der Waals surface area (Å²) >= 11 is 1.09. The maximum absolute atomic E-state index is 12.2. The summed E-state index contributed by atoms with van der Waals surface area (Å²) in [7, 11) is 4.64. The molecule has 0 aliphatic carbocycles. The zero-order valence-corrected chi connectivity index (χ0v) is 21.4. The van der Waals surface area contributed by atoms with Crippen LogP contribution in [0.25, 0.3) is 11.2 Å². The Morgan fingerprint density at radius 2 is 1.86 bits per heavy atom. The van der Waals surface area contributed by atoms with Crippen molar-refractivity contribution in [2.45, 2.75) is 26.9 Å². The van der Waals surface area contributed by atoms with Crippen molar-refractivity contribution in [3.05, 3.63) is 35.0 Å². The van der Waals surface area contributed by atoms with E-state index in [1.165, 1.54) is 7.11 Å². The van der Waals surface area contributed by atoms with Gasteiger partial charge >= 0.3 is 5.97 Å². The van der Waals surface area contributed by atoms with E-state index < -0.39 is 5.97 Å². The molecule has 0 fully saturated rings. The average Bonchev–Trinajstić information content (AvgIpc) is 3.51. The second kappa shape index (κ2) is 11.1. The molecular weight excluding hydrogens is 486 g/mol. The number of nitrogens with zero attached hydrogens (tertiary/aromatic N) is 5. The van der Waals surface area contributed by atoms with Crippen molar-refractivity contribution in [1.29, 1.82) is 0 Å². The minimum absolute atomic E-state index is 0.170. The van der Waals surface area contributed by atoms with Crippen LogP contribution in [0.1, 0.15) is 29.1 Å². The average molecular weight is 514 g/mol. The molecule has 0 atom stereocenters. The van der Waals surface area contributed by atoms with Crippen molar-refractivity contribution in [3.63, 3.8) is 0 Å². The molecule has 0 radical (unpaired) electrons. The van der Waals surface area contributed by atoms with Gasteiger partial charge in [-0.25, -0.2) is 9.78 Å². The van der Waals surface area contributed by atoms with Crippen LogP contribution in [0.3, 0.4) is 0 Å². The highest BCUT2D eigenvalue weighted by Gasteiger charge is 2.21. The molecule has 12 nitrogen and oxygen atoms in total. The molecule has 0 bridgehead atoms. The van der Waals surface area contributed by atoms with E-state index in [4.69, 9.17) is 18.9 Å². The summed E-state index contributed by atoms with van der Waals surface area (Å²) < 4.78 is 23.0. The molecule has 0 aliphatic rings. The lowest BCUT2D eigenvalue weighted by molar-refractivity contribution is 0.0528. The van der Waals surface area contributed by atoms with Crippen molar-refractivity contribution in [2.24, 2.45) is 0 Å². The first-order valence-electron chi connectivity index (χ1n) is 11.2. The van der Waals surface area contributed by atoms with Crippen LogP contribution in [-0.4, -0.2) is 58.4 Å². The molecular formula is C23H27N7O5S. The second-order valence-electron chi connectivity index (χ2n) is 7.34. The fraction of sp³-hybridized carbons (Fsp3) is 0.348. The molecule has 0 amide bonds. The maximum atomic E-state index is 12.2. The summed E-state index contributed by atoms with van der Waals surface area (Å²) in [6.07, 6.45) is 1.72. The number of anilines is 3. The van der Waals surface area contributed by atoms with Gasteiger partial charge in [0, 0.05) is 13.1 Å². The van der Waals surface area contributed by atoms with Crippen molar-refractivity contribution in [1.82, 2.24) is 24.5 Å². The number of carbonyl (C=O) groups is 1. The van der Waals surface area contributed by atoms with Gasteiger partial charge in [0.15, 0.2) is 33.0 Å². The number of fused-ring (bicyclic) bond motifs is 1. The SMILES string of the molecule is CCOC(=O)c1sc(Nc2nc(NCc3ccc(OC)c(OC)c3)c3c(ncn3CC)n2)nc1OC. The number of methoxy groups -OCH3 is 3. The summed E-state index contributed by atoms with van der Waals surface area (Å²) in [5.74, 6) is 1.82. The Balaban J connectivity index is 1.64. The van der Waals surface area contributed by atoms with Gasteiger partial charge in [0.25, 0.3) is 0 Å². The van der Waals surface area contributed by atoms with Crippen LogP contribution in [0, 0.1) is 0 Å². The minimum Gasteiger partial charge on any atom is -0.493 e. The van der Waals surface area contributed by atoms with Crippen LogP contribution in [0.5, 0.6) is 17.4 Å². The summed E-state index contributed by atoms with van der Waals surface area (Å²) in [5, 5.41) is 6.82. The van der Waals surface area contributed by atoms with Crippen LogP contribution >= 0.6 is 11.3 Å². The molecule has 4 aromatic rings. The number of hydrogen-bond acceptors (Lipinski definition) is 12. The highest BCUT2D eigenvalue weighted by atomic mass is 32.1. The number of esters is 1. The quantitative estimate of drug-likeness (QED) is 0.283. The van der Waals surface area contributed by atoms with Gasteiger partial charge in [0.05, 0.1) is 34.3 Å². The van der Waals surface area contributed by atoms with Crippen molar-refractivity contribution in [2.75, 3.05) is 38.6 Å². The number of aryl methyl sites for hydroxylation is 1. The molecule has 0 spiro atoms. The fourth-order valence-corrected chi connectivity index (χ4v) is 4.32. The number of nitrogens with one attached hydrogen (secondary N) is 2. The van der Waals surface area contributed by atoms with Crippen molar-refractivity contribution in [3.8, 4) is 17.4 Å². The van der Waals surface area contributed by atoms with E-state index in [1.807, 2.05) is 29.7 Å². The van der Waals surface area contributed by atoms with E-state index >= 15 is 0 Å².